The van der Waals surface area contributed by atoms with Crippen LogP contribution in [0.2, 0.25) is 0 Å². The fourth-order valence-corrected chi connectivity index (χ4v) is 5.74. The topological polar surface area (TPSA) is 81.0 Å². The van der Waals surface area contributed by atoms with Gasteiger partial charge in [0.15, 0.2) is 15.7 Å². The molecule has 2 aromatic carbocycles. The number of hydrogen-bond donors (Lipinski definition) is 0. The zero-order valence-corrected chi connectivity index (χ0v) is 18.9. The van der Waals surface area contributed by atoms with Gasteiger partial charge in [-0.25, -0.2) is 17.5 Å². The lowest BCUT2D eigenvalue weighted by Crippen LogP contribution is -2.40. The van der Waals surface area contributed by atoms with Gasteiger partial charge in [-0.3, -0.25) is 9.97 Å². The smallest absolute Gasteiger partial charge is 0.159 e. The van der Waals surface area contributed by atoms with Crippen molar-refractivity contribution in [3.8, 4) is 16.8 Å². The van der Waals surface area contributed by atoms with Gasteiger partial charge in [-0.15, -0.1) is 5.10 Å². The number of sulfone groups is 1. The molecule has 0 spiro atoms. The number of halogens is 1. The molecule has 0 amide bonds. The van der Waals surface area contributed by atoms with E-state index in [0.717, 1.165) is 38.5 Å². The van der Waals surface area contributed by atoms with E-state index in [4.69, 9.17) is 5.10 Å². The molecule has 0 saturated carbocycles. The monoisotopic (exact) mass is 473 g/mol. The van der Waals surface area contributed by atoms with Crippen molar-refractivity contribution in [1.29, 1.82) is 0 Å². The highest BCUT2D eigenvalue weighted by atomic mass is 32.2. The second-order valence-corrected chi connectivity index (χ2v) is 10.6. The molecular weight excluding hydrogens is 453 g/mol. The van der Waals surface area contributed by atoms with Gasteiger partial charge < -0.3 is 4.90 Å². The minimum atomic E-state index is -3.05. The van der Waals surface area contributed by atoms with E-state index in [-0.39, 0.29) is 17.3 Å². The van der Waals surface area contributed by atoms with Gasteiger partial charge in [-0.2, -0.15) is 0 Å². The molecular formula is C25H20FN5O2S. The summed E-state index contributed by atoms with van der Waals surface area (Å²) in [7, 11) is -3.05. The maximum atomic E-state index is 13.7. The number of nitrogens with zero attached hydrogens (tertiary/aromatic N) is 5. The minimum absolute atomic E-state index is 0.0882. The summed E-state index contributed by atoms with van der Waals surface area (Å²) in [5, 5.41) is 7.71. The second kappa shape index (κ2) is 7.88. The van der Waals surface area contributed by atoms with Crippen LogP contribution in [0.15, 0.2) is 73.3 Å². The predicted octanol–water partition coefficient (Wildman–Crippen LogP) is 4.01. The molecule has 6 rings (SSSR count). The highest BCUT2D eigenvalue weighted by molar-refractivity contribution is 7.91. The molecule has 3 aromatic heterocycles. The van der Waals surface area contributed by atoms with Crippen LogP contribution < -0.4 is 4.90 Å². The Morgan fingerprint density at radius 1 is 0.853 bits per heavy atom. The second-order valence-electron chi connectivity index (χ2n) is 8.33. The molecule has 0 unspecified atom stereocenters. The first-order valence-electron chi connectivity index (χ1n) is 10.9. The standard InChI is InChI=1S/C25H20FN5O2S/c26-18-3-5-19(6-4-18)31-24-20-7-9-28-16-23(20)21(17-2-1-8-27-15-17)14-22(24)25(29-31)30-10-12-34(32,33)13-11-30/h1-9,14-16H,10-13H2. The van der Waals surface area contributed by atoms with Crippen LogP contribution in [0.1, 0.15) is 0 Å². The average molecular weight is 474 g/mol. The van der Waals surface area contributed by atoms with Gasteiger partial charge in [0.2, 0.25) is 0 Å². The summed E-state index contributed by atoms with van der Waals surface area (Å²) in [4.78, 5) is 10.7. The van der Waals surface area contributed by atoms with Crippen LogP contribution in [0, 0.1) is 5.82 Å². The van der Waals surface area contributed by atoms with Crippen molar-refractivity contribution in [2.75, 3.05) is 29.5 Å². The maximum Gasteiger partial charge on any atom is 0.159 e. The Morgan fingerprint density at radius 2 is 1.62 bits per heavy atom. The normalized spacial score (nSPS) is 15.7. The van der Waals surface area contributed by atoms with Crippen molar-refractivity contribution >= 4 is 37.3 Å². The highest BCUT2D eigenvalue weighted by Crippen LogP contribution is 2.39. The van der Waals surface area contributed by atoms with E-state index in [1.54, 1.807) is 24.5 Å². The number of rotatable bonds is 3. The minimum Gasteiger partial charge on any atom is -0.353 e. The molecule has 4 heterocycles. The molecule has 0 aliphatic carbocycles. The molecule has 0 radical (unpaired) electrons. The first-order valence-corrected chi connectivity index (χ1v) is 12.7. The molecule has 0 N–H and O–H groups in total. The lowest BCUT2D eigenvalue weighted by atomic mass is 9.98. The van der Waals surface area contributed by atoms with Crippen molar-refractivity contribution in [2.24, 2.45) is 0 Å². The summed E-state index contributed by atoms with van der Waals surface area (Å²) in [5.74, 6) is 0.558. The molecule has 5 aromatic rings. The van der Waals surface area contributed by atoms with Crippen LogP contribution in [0.3, 0.4) is 0 Å². The number of hydrogen-bond acceptors (Lipinski definition) is 6. The zero-order valence-electron chi connectivity index (χ0n) is 18.1. The molecule has 0 atom stereocenters. The van der Waals surface area contributed by atoms with E-state index >= 15 is 0 Å². The van der Waals surface area contributed by atoms with E-state index in [9.17, 15) is 12.8 Å². The van der Waals surface area contributed by atoms with Gasteiger partial charge in [0.1, 0.15) is 5.82 Å². The van der Waals surface area contributed by atoms with E-state index in [2.05, 4.69) is 16.0 Å². The lowest BCUT2D eigenvalue weighted by Gasteiger charge is -2.27. The third-order valence-electron chi connectivity index (χ3n) is 6.25. The zero-order chi connectivity index (χ0) is 23.3. The SMILES string of the molecule is O=S1(=O)CCN(c2nn(-c3ccc(F)cc3)c3c2cc(-c2cccnc2)c2cnccc23)CC1. The Hall–Kier alpha value is -3.85. The summed E-state index contributed by atoms with van der Waals surface area (Å²) in [6.45, 7) is 0.739. The van der Waals surface area contributed by atoms with E-state index in [0.29, 0.717) is 18.9 Å². The fourth-order valence-electron chi connectivity index (χ4n) is 4.54. The lowest BCUT2D eigenvalue weighted by molar-refractivity contribution is 0.586. The molecule has 9 heteroatoms. The van der Waals surface area contributed by atoms with Crippen molar-refractivity contribution < 1.29 is 12.8 Å². The molecule has 0 bridgehead atoms. The average Bonchev–Trinajstić information content (AvgIpc) is 3.24. The van der Waals surface area contributed by atoms with Gasteiger partial charge in [0.05, 0.1) is 22.7 Å². The Kier molecular flexibility index (Phi) is 4.80. The maximum absolute atomic E-state index is 13.7. The first-order chi connectivity index (χ1) is 16.5. The van der Waals surface area contributed by atoms with Crippen molar-refractivity contribution in [3.05, 3.63) is 79.1 Å². The molecule has 7 nitrogen and oxygen atoms in total. The summed E-state index contributed by atoms with van der Waals surface area (Å²) in [5.41, 5.74) is 3.49. The van der Waals surface area contributed by atoms with Crippen molar-refractivity contribution in [1.82, 2.24) is 19.7 Å². The summed E-state index contributed by atoms with van der Waals surface area (Å²) < 4.78 is 39.6. The van der Waals surface area contributed by atoms with Crippen molar-refractivity contribution in [2.45, 2.75) is 0 Å². The number of fused-ring (bicyclic) bond motifs is 3. The van der Waals surface area contributed by atoms with Gasteiger partial charge >= 0.3 is 0 Å². The molecule has 170 valence electrons. The van der Waals surface area contributed by atoms with Crippen LogP contribution in [0.25, 0.3) is 38.5 Å². The predicted molar refractivity (Wildman–Crippen MR) is 130 cm³/mol. The van der Waals surface area contributed by atoms with Crippen LogP contribution in [0.4, 0.5) is 10.2 Å². The van der Waals surface area contributed by atoms with Gasteiger partial charge in [0, 0.05) is 59.6 Å². The third kappa shape index (κ3) is 3.49. The molecule has 1 aliphatic rings. The summed E-state index contributed by atoms with van der Waals surface area (Å²) in [6, 6.07) is 14.1. The van der Waals surface area contributed by atoms with Crippen LogP contribution in [-0.2, 0) is 9.84 Å². The number of aromatic nitrogens is 4. The van der Waals surface area contributed by atoms with E-state index < -0.39 is 9.84 Å². The van der Waals surface area contributed by atoms with Gasteiger partial charge in [-0.05, 0) is 48.0 Å². The third-order valence-corrected chi connectivity index (χ3v) is 7.85. The molecule has 34 heavy (non-hydrogen) atoms. The fraction of sp³-hybridized carbons (Fsp3) is 0.160. The Labute approximate surface area is 195 Å². The Bertz CT molecular complexity index is 1620. The van der Waals surface area contributed by atoms with Gasteiger partial charge in [-0.1, -0.05) is 6.07 Å². The molecule has 1 fully saturated rings. The Balaban J connectivity index is 1.67. The summed E-state index contributed by atoms with van der Waals surface area (Å²) in [6.07, 6.45) is 7.11. The quantitative estimate of drug-likeness (QED) is 0.394. The largest absolute Gasteiger partial charge is 0.353 e. The highest BCUT2D eigenvalue weighted by Gasteiger charge is 2.27. The number of anilines is 1. The molecule has 1 saturated heterocycles. The number of benzene rings is 2. The van der Waals surface area contributed by atoms with Gasteiger partial charge in [0.25, 0.3) is 0 Å². The van der Waals surface area contributed by atoms with Crippen molar-refractivity contribution in [3.63, 3.8) is 0 Å². The van der Waals surface area contributed by atoms with E-state index in [1.165, 1.54) is 12.1 Å². The van der Waals surface area contributed by atoms with E-state index in [1.807, 2.05) is 40.2 Å². The summed E-state index contributed by atoms with van der Waals surface area (Å²) >= 11 is 0. The molecule has 1 aliphatic heterocycles. The van der Waals surface area contributed by atoms with Crippen LogP contribution >= 0.6 is 0 Å². The first kappa shape index (κ1) is 20.7. The van der Waals surface area contributed by atoms with Crippen LogP contribution in [-0.4, -0.2) is 52.8 Å². The van der Waals surface area contributed by atoms with Crippen LogP contribution in [0.5, 0.6) is 0 Å². The Morgan fingerprint density at radius 3 is 2.35 bits per heavy atom. The number of pyridine rings is 2.